The molecule has 1 aliphatic rings. The molecule has 138 valence electrons. The third-order valence-corrected chi connectivity index (χ3v) is 5.15. The van der Waals surface area contributed by atoms with Crippen molar-refractivity contribution in [1.82, 2.24) is 10.2 Å². The lowest BCUT2D eigenvalue weighted by atomic mass is 9.94. The zero-order chi connectivity index (χ0) is 18.6. The molecule has 1 aromatic rings. The topological polar surface area (TPSA) is 52.7 Å². The van der Waals surface area contributed by atoms with Crippen molar-refractivity contribution in [3.05, 3.63) is 29.8 Å². The van der Waals surface area contributed by atoms with Gasteiger partial charge in [-0.1, -0.05) is 13.8 Å². The van der Waals surface area contributed by atoms with Gasteiger partial charge in [0.2, 0.25) is 5.91 Å². The molecule has 1 fully saturated rings. The molecule has 0 aliphatic carbocycles. The Kier molecular flexibility index (Phi) is 6.45. The average Bonchev–Trinajstić information content (AvgIpc) is 2.61. The van der Waals surface area contributed by atoms with Crippen molar-refractivity contribution in [2.75, 3.05) is 32.1 Å². The molecular formula is C20H31N3O2. The Labute approximate surface area is 151 Å². The Balaban J connectivity index is 1.88. The summed E-state index contributed by atoms with van der Waals surface area (Å²) in [6.07, 6.45) is 1.47. The molecular weight excluding hydrogens is 314 g/mol. The Morgan fingerprint density at radius 2 is 1.64 bits per heavy atom. The highest BCUT2D eigenvalue weighted by Crippen LogP contribution is 2.21. The molecule has 0 saturated carbocycles. The van der Waals surface area contributed by atoms with Gasteiger partial charge < -0.3 is 15.1 Å². The maximum Gasteiger partial charge on any atom is 0.253 e. The predicted octanol–water partition coefficient (Wildman–Crippen LogP) is 2.77. The molecule has 1 N–H and O–H groups in total. The van der Waals surface area contributed by atoms with Crippen molar-refractivity contribution in [3.8, 4) is 0 Å². The van der Waals surface area contributed by atoms with Gasteiger partial charge in [-0.15, -0.1) is 0 Å². The molecule has 0 bridgehead atoms. The first-order valence-corrected chi connectivity index (χ1v) is 9.16. The largest absolute Gasteiger partial charge is 0.378 e. The smallest absolute Gasteiger partial charge is 0.253 e. The van der Waals surface area contributed by atoms with E-state index in [1.165, 1.54) is 0 Å². The number of carbonyl (C=O) groups is 2. The minimum atomic E-state index is 0.0152. The summed E-state index contributed by atoms with van der Waals surface area (Å²) in [7, 11) is 3.96. The molecule has 25 heavy (non-hydrogen) atoms. The average molecular weight is 345 g/mol. The molecule has 1 aliphatic heterocycles. The summed E-state index contributed by atoms with van der Waals surface area (Å²) >= 11 is 0. The summed E-state index contributed by atoms with van der Waals surface area (Å²) in [6, 6.07) is 7.85. The molecule has 0 unspecified atom stereocenters. The first kappa shape index (κ1) is 19.3. The van der Waals surface area contributed by atoms with E-state index in [4.69, 9.17) is 0 Å². The van der Waals surface area contributed by atoms with Gasteiger partial charge in [0.25, 0.3) is 5.91 Å². The second kappa shape index (κ2) is 8.37. The summed E-state index contributed by atoms with van der Waals surface area (Å²) in [6.45, 7) is 7.53. The van der Waals surface area contributed by atoms with Gasteiger partial charge in [0.15, 0.2) is 0 Å². The van der Waals surface area contributed by atoms with Crippen LogP contribution < -0.4 is 10.2 Å². The molecule has 2 amide bonds. The zero-order valence-corrected chi connectivity index (χ0v) is 16.1. The SMILES string of the molecule is CC(C)[C@@H](C)NC(=O)C1CCN(C(=O)c2ccc(N(C)C)cc2)CC1. The molecule has 5 nitrogen and oxygen atoms in total. The Hall–Kier alpha value is -2.04. The quantitative estimate of drug-likeness (QED) is 0.893. The highest BCUT2D eigenvalue weighted by atomic mass is 16.2. The highest BCUT2D eigenvalue weighted by molar-refractivity contribution is 5.94. The fourth-order valence-electron chi connectivity index (χ4n) is 2.94. The van der Waals surface area contributed by atoms with Crippen molar-refractivity contribution in [3.63, 3.8) is 0 Å². The lowest BCUT2D eigenvalue weighted by Crippen LogP contribution is -2.45. The molecule has 1 aromatic carbocycles. The number of amides is 2. The number of hydrogen-bond donors (Lipinski definition) is 1. The van der Waals surface area contributed by atoms with E-state index in [0.717, 1.165) is 18.5 Å². The lowest BCUT2D eigenvalue weighted by molar-refractivity contribution is -0.127. The van der Waals surface area contributed by atoms with Crippen molar-refractivity contribution in [2.24, 2.45) is 11.8 Å². The summed E-state index contributed by atoms with van der Waals surface area (Å²) in [4.78, 5) is 28.8. The zero-order valence-electron chi connectivity index (χ0n) is 16.1. The van der Waals surface area contributed by atoms with E-state index in [1.54, 1.807) is 0 Å². The van der Waals surface area contributed by atoms with Gasteiger partial charge in [-0.3, -0.25) is 9.59 Å². The predicted molar refractivity (Wildman–Crippen MR) is 102 cm³/mol. The number of piperidine rings is 1. The summed E-state index contributed by atoms with van der Waals surface area (Å²) in [5, 5.41) is 3.09. The van der Waals surface area contributed by atoms with Crippen molar-refractivity contribution in [2.45, 2.75) is 39.7 Å². The summed E-state index contributed by atoms with van der Waals surface area (Å²) < 4.78 is 0. The van der Waals surface area contributed by atoms with Crippen LogP contribution in [0.5, 0.6) is 0 Å². The second-order valence-electron chi connectivity index (χ2n) is 7.55. The van der Waals surface area contributed by atoms with Crippen LogP contribution in [-0.2, 0) is 4.79 Å². The third kappa shape index (κ3) is 4.97. The number of hydrogen-bond acceptors (Lipinski definition) is 3. The van der Waals surface area contributed by atoms with Gasteiger partial charge >= 0.3 is 0 Å². The van der Waals surface area contributed by atoms with Crippen LogP contribution in [0, 0.1) is 11.8 Å². The first-order chi connectivity index (χ1) is 11.8. The minimum Gasteiger partial charge on any atom is -0.378 e. The molecule has 1 atom stereocenters. The van der Waals surface area contributed by atoms with Crippen LogP contribution in [0.15, 0.2) is 24.3 Å². The highest BCUT2D eigenvalue weighted by Gasteiger charge is 2.28. The van der Waals surface area contributed by atoms with Crippen molar-refractivity contribution < 1.29 is 9.59 Å². The van der Waals surface area contributed by atoms with Crippen LogP contribution in [0.2, 0.25) is 0 Å². The Bertz CT molecular complexity index is 587. The fraction of sp³-hybridized carbons (Fsp3) is 0.600. The first-order valence-electron chi connectivity index (χ1n) is 9.16. The Morgan fingerprint density at radius 3 is 2.12 bits per heavy atom. The van der Waals surface area contributed by atoms with E-state index >= 15 is 0 Å². The van der Waals surface area contributed by atoms with Gasteiger partial charge in [-0.25, -0.2) is 0 Å². The molecule has 1 heterocycles. The fourth-order valence-corrected chi connectivity index (χ4v) is 2.94. The van der Waals surface area contributed by atoms with Crippen molar-refractivity contribution >= 4 is 17.5 Å². The maximum atomic E-state index is 12.6. The van der Waals surface area contributed by atoms with E-state index in [9.17, 15) is 9.59 Å². The van der Waals surface area contributed by atoms with Crippen LogP contribution in [0.4, 0.5) is 5.69 Å². The molecule has 0 aromatic heterocycles. The molecule has 5 heteroatoms. The van der Waals surface area contributed by atoms with Crippen molar-refractivity contribution in [1.29, 1.82) is 0 Å². The number of benzene rings is 1. The van der Waals surface area contributed by atoms with Gasteiger partial charge in [0.1, 0.15) is 0 Å². The van der Waals surface area contributed by atoms with Gasteiger partial charge in [-0.05, 0) is 49.9 Å². The standard InChI is InChI=1S/C20H31N3O2/c1-14(2)15(3)21-19(24)16-10-12-23(13-11-16)20(25)17-6-8-18(9-7-17)22(4)5/h6-9,14-16H,10-13H2,1-5H3,(H,21,24)/t15-/m1/s1. The monoisotopic (exact) mass is 345 g/mol. The van der Waals surface area contributed by atoms with Gasteiger partial charge in [0, 0.05) is 50.4 Å². The molecule has 0 spiro atoms. The molecule has 1 saturated heterocycles. The normalized spacial score (nSPS) is 16.6. The number of rotatable bonds is 5. The summed E-state index contributed by atoms with van der Waals surface area (Å²) in [5.74, 6) is 0.625. The van der Waals surface area contributed by atoms with Gasteiger partial charge in [-0.2, -0.15) is 0 Å². The number of likely N-dealkylation sites (tertiary alicyclic amines) is 1. The Morgan fingerprint density at radius 1 is 1.08 bits per heavy atom. The summed E-state index contributed by atoms with van der Waals surface area (Å²) in [5.41, 5.74) is 1.79. The van der Waals surface area contributed by atoms with Crippen LogP contribution in [0.1, 0.15) is 44.0 Å². The van der Waals surface area contributed by atoms with Crippen LogP contribution in [-0.4, -0.2) is 49.9 Å². The van der Waals surface area contributed by atoms with E-state index in [0.29, 0.717) is 24.6 Å². The molecule has 0 radical (unpaired) electrons. The third-order valence-electron chi connectivity index (χ3n) is 5.15. The number of nitrogens with zero attached hydrogens (tertiary/aromatic N) is 2. The van der Waals surface area contributed by atoms with E-state index in [1.807, 2.05) is 55.1 Å². The van der Waals surface area contributed by atoms with Crippen LogP contribution in [0.25, 0.3) is 0 Å². The number of carbonyl (C=O) groups excluding carboxylic acids is 2. The van der Waals surface area contributed by atoms with E-state index in [-0.39, 0.29) is 23.8 Å². The lowest BCUT2D eigenvalue weighted by Gasteiger charge is -2.32. The second-order valence-corrected chi connectivity index (χ2v) is 7.55. The number of nitrogens with one attached hydrogen (secondary N) is 1. The molecule has 2 rings (SSSR count). The minimum absolute atomic E-state index is 0.0152. The van der Waals surface area contributed by atoms with Gasteiger partial charge in [0.05, 0.1) is 0 Å². The van der Waals surface area contributed by atoms with E-state index < -0.39 is 0 Å². The number of anilines is 1. The van der Waals surface area contributed by atoms with E-state index in [2.05, 4.69) is 19.2 Å². The maximum absolute atomic E-state index is 12.6. The van der Waals surface area contributed by atoms with Crippen LogP contribution >= 0.6 is 0 Å². The van der Waals surface area contributed by atoms with Crippen LogP contribution in [0.3, 0.4) is 0 Å².